The topological polar surface area (TPSA) is 90.7 Å². The lowest BCUT2D eigenvalue weighted by atomic mass is 10.1. The molecule has 0 aromatic carbocycles. The Morgan fingerprint density at radius 2 is 2.19 bits per heavy atom. The van der Waals surface area contributed by atoms with Gasteiger partial charge in [0, 0.05) is 5.57 Å². The number of aromatic nitrogens is 1. The first kappa shape index (κ1) is 12.2. The number of aliphatic hydroxyl groups excluding tert-OH is 1. The van der Waals surface area contributed by atoms with Crippen molar-refractivity contribution >= 4 is 12.0 Å². The molecule has 1 aromatic heterocycles. The molecule has 0 radical (unpaired) electrons. The monoisotopic (exact) mass is 223 g/mol. The molecular formula is C11H13NO4. The number of nitrogens with zero attached hydrogens (tertiary/aromatic N) is 1. The van der Waals surface area contributed by atoms with Gasteiger partial charge in [0.1, 0.15) is 11.4 Å². The van der Waals surface area contributed by atoms with E-state index in [4.69, 9.17) is 10.2 Å². The summed E-state index contributed by atoms with van der Waals surface area (Å²) in [7, 11) is 0. The SMILES string of the molecule is CC/C(=C\c1nc(CO)ccc1O)C(=O)O. The zero-order valence-corrected chi connectivity index (χ0v) is 8.84. The maximum absolute atomic E-state index is 10.8. The minimum atomic E-state index is -1.04. The summed E-state index contributed by atoms with van der Waals surface area (Å²) in [5.41, 5.74) is 0.689. The van der Waals surface area contributed by atoms with Crippen LogP contribution in [0.15, 0.2) is 17.7 Å². The molecule has 0 saturated carbocycles. The Balaban J connectivity index is 3.16. The maximum Gasteiger partial charge on any atom is 0.331 e. The number of carbonyl (C=O) groups is 1. The number of hydrogen-bond donors (Lipinski definition) is 3. The summed E-state index contributed by atoms with van der Waals surface area (Å²) in [6, 6.07) is 2.85. The summed E-state index contributed by atoms with van der Waals surface area (Å²) in [4.78, 5) is 14.7. The van der Waals surface area contributed by atoms with Gasteiger partial charge < -0.3 is 15.3 Å². The summed E-state index contributed by atoms with van der Waals surface area (Å²) in [5.74, 6) is -1.15. The molecule has 5 heteroatoms. The first-order chi connectivity index (χ1) is 7.58. The van der Waals surface area contributed by atoms with Crippen molar-refractivity contribution in [2.45, 2.75) is 20.0 Å². The largest absolute Gasteiger partial charge is 0.506 e. The summed E-state index contributed by atoms with van der Waals surface area (Å²) in [5, 5.41) is 27.2. The van der Waals surface area contributed by atoms with Crippen molar-refractivity contribution in [3.63, 3.8) is 0 Å². The van der Waals surface area contributed by atoms with E-state index in [0.29, 0.717) is 12.1 Å². The van der Waals surface area contributed by atoms with Crippen molar-refractivity contribution in [2.75, 3.05) is 0 Å². The second kappa shape index (κ2) is 5.27. The van der Waals surface area contributed by atoms with Crippen LogP contribution in [-0.2, 0) is 11.4 Å². The molecule has 0 spiro atoms. The van der Waals surface area contributed by atoms with Gasteiger partial charge in [0.05, 0.1) is 12.3 Å². The van der Waals surface area contributed by atoms with E-state index in [-0.39, 0.29) is 23.6 Å². The molecule has 0 fully saturated rings. The lowest BCUT2D eigenvalue weighted by molar-refractivity contribution is -0.132. The predicted octanol–water partition coefficient (Wildman–Crippen LogP) is 1.16. The van der Waals surface area contributed by atoms with Gasteiger partial charge in [0.15, 0.2) is 0 Å². The number of carboxylic acid groups (broad SMARTS) is 1. The van der Waals surface area contributed by atoms with E-state index in [9.17, 15) is 9.90 Å². The van der Waals surface area contributed by atoms with Gasteiger partial charge in [-0.05, 0) is 24.6 Å². The molecule has 0 amide bonds. The van der Waals surface area contributed by atoms with Crippen molar-refractivity contribution in [2.24, 2.45) is 0 Å². The number of hydrogen-bond acceptors (Lipinski definition) is 4. The molecular weight excluding hydrogens is 210 g/mol. The average Bonchev–Trinajstić information content (AvgIpc) is 2.27. The molecule has 0 saturated heterocycles. The van der Waals surface area contributed by atoms with E-state index >= 15 is 0 Å². The van der Waals surface area contributed by atoms with Crippen molar-refractivity contribution in [3.8, 4) is 5.75 Å². The average molecular weight is 223 g/mol. The molecule has 0 aliphatic heterocycles. The first-order valence-electron chi connectivity index (χ1n) is 4.82. The molecule has 5 nitrogen and oxygen atoms in total. The lowest BCUT2D eigenvalue weighted by Gasteiger charge is -2.03. The zero-order valence-electron chi connectivity index (χ0n) is 8.84. The van der Waals surface area contributed by atoms with E-state index in [1.54, 1.807) is 6.92 Å². The molecule has 1 heterocycles. The second-order valence-electron chi connectivity index (χ2n) is 3.19. The van der Waals surface area contributed by atoms with Crippen LogP contribution < -0.4 is 0 Å². The van der Waals surface area contributed by atoms with Crippen molar-refractivity contribution in [1.82, 2.24) is 4.98 Å². The van der Waals surface area contributed by atoms with Gasteiger partial charge in [0.25, 0.3) is 0 Å². The molecule has 0 bridgehead atoms. The number of aromatic hydroxyl groups is 1. The predicted molar refractivity (Wildman–Crippen MR) is 57.7 cm³/mol. The molecule has 0 aliphatic rings. The minimum absolute atomic E-state index is 0.107. The van der Waals surface area contributed by atoms with E-state index in [0.717, 1.165) is 0 Å². The van der Waals surface area contributed by atoms with Gasteiger partial charge in [0.2, 0.25) is 0 Å². The first-order valence-corrected chi connectivity index (χ1v) is 4.82. The quantitative estimate of drug-likeness (QED) is 0.666. The molecule has 3 N–H and O–H groups in total. The van der Waals surface area contributed by atoms with Gasteiger partial charge in [-0.3, -0.25) is 0 Å². The van der Waals surface area contributed by atoms with Gasteiger partial charge >= 0.3 is 5.97 Å². The summed E-state index contributed by atoms with van der Waals surface area (Å²) < 4.78 is 0. The number of aliphatic carboxylic acids is 1. The standard InChI is InChI=1S/C11H13NO4/c1-2-7(11(15)16)5-9-10(14)4-3-8(6-13)12-9/h3-5,13-14H,2,6H2,1H3,(H,15,16)/b7-5+. The Labute approximate surface area is 92.7 Å². The maximum atomic E-state index is 10.8. The molecule has 0 aliphatic carbocycles. The fourth-order valence-electron chi connectivity index (χ4n) is 1.18. The third kappa shape index (κ3) is 2.80. The lowest BCUT2D eigenvalue weighted by Crippen LogP contribution is -2.00. The van der Waals surface area contributed by atoms with Crippen LogP contribution in [0.1, 0.15) is 24.7 Å². The number of rotatable bonds is 4. The van der Waals surface area contributed by atoms with Crippen LogP contribution >= 0.6 is 0 Å². The number of pyridine rings is 1. The van der Waals surface area contributed by atoms with Crippen LogP contribution in [0.2, 0.25) is 0 Å². The van der Waals surface area contributed by atoms with Gasteiger partial charge in [-0.15, -0.1) is 0 Å². The second-order valence-corrected chi connectivity index (χ2v) is 3.19. The Hall–Kier alpha value is -1.88. The fourth-order valence-corrected chi connectivity index (χ4v) is 1.18. The van der Waals surface area contributed by atoms with E-state index in [1.165, 1.54) is 18.2 Å². The highest BCUT2D eigenvalue weighted by atomic mass is 16.4. The van der Waals surface area contributed by atoms with Crippen LogP contribution in [0.3, 0.4) is 0 Å². The van der Waals surface area contributed by atoms with Crippen LogP contribution in [0.25, 0.3) is 6.08 Å². The molecule has 1 aromatic rings. The Bertz CT molecular complexity index is 426. The van der Waals surface area contributed by atoms with Gasteiger partial charge in [-0.1, -0.05) is 6.92 Å². The van der Waals surface area contributed by atoms with Gasteiger partial charge in [-0.2, -0.15) is 0 Å². The van der Waals surface area contributed by atoms with Crippen molar-refractivity contribution in [3.05, 3.63) is 29.1 Å². The fraction of sp³-hybridized carbons (Fsp3) is 0.273. The third-order valence-electron chi connectivity index (χ3n) is 2.09. The van der Waals surface area contributed by atoms with Crippen molar-refractivity contribution < 1.29 is 20.1 Å². The van der Waals surface area contributed by atoms with E-state index in [1.807, 2.05) is 0 Å². The Morgan fingerprint density at radius 3 is 2.69 bits per heavy atom. The molecule has 16 heavy (non-hydrogen) atoms. The van der Waals surface area contributed by atoms with E-state index < -0.39 is 5.97 Å². The van der Waals surface area contributed by atoms with Crippen LogP contribution in [0.5, 0.6) is 5.75 Å². The zero-order chi connectivity index (χ0) is 12.1. The summed E-state index contributed by atoms with van der Waals surface area (Å²) in [6.45, 7) is 1.45. The van der Waals surface area contributed by atoms with Crippen LogP contribution in [-0.4, -0.2) is 26.3 Å². The van der Waals surface area contributed by atoms with E-state index in [2.05, 4.69) is 4.98 Å². The molecule has 86 valence electrons. The van der Waals surface area contributed by atoms with Crippen LogP contribution in [0, 0.1) is 0 Å². The highest BCUT2D eigenvalue weighted by molar-refractivity contribution is 5.92. The normalized spacial score (nSPS) is 11.5. The summed E-state index contributed by atoms with van der Waals surface area (Å²) >= 11 is 0. The van der Waals surface area contributed by atoms with Crippen molar-refractivity contribution in [1.29, 1.82) is 0 Å². The molecule has 0 atom stereocenters. The highest BCUT2D eigenvalue weighted by Gasteiger charge is 2.08. The molecule has 1 rings (SSSR count). The Morgan fingerprint density at radius 1 is 1.50 bits per heavy atom. The van der Waals surface area contributed by atoms with Gasteiger partial charge in [-0.25, -0.2) is 9.78 Å². The highest BCUT2D eigenvalue weighted by Crippen LogP contribution is 2.19. The minimum Gasteiger partial charge on any atom is -0.506 e. The number of aliphatic hydroxyl groups is 1. The Kier molecular flexibility index (Phi) is 4.02. The summed E-state index contributed by atoms with van der Waals surface area (Å²) in [6.07, 6.45) is 1.64. The third-order valence-corrected chi connectivity index (χ3v) is 2.09. The smallest absolute Gasteiger partial charge is 0.331 e. The number of carboxylic acids is 1. The molecule has 0 unspecified atom stereocenters. The van der Waals surface area contributed by atoms with Crippen LogP contribution in [0.4, 0.5) is 0 Å².